The predicted octanol–water partition coefficient (Wildman–Crippen LogP) is 7.99. The Morgan fingerprint density at radius 1 is 1.02 bits per heavy atom. The van der Waals surface area contributed by atoms with E-state index in [1.165, 1.54) is 0 Å². The maximum atomic E-state index is 13.0. The molecule has 0 spiro atoms. The van der Waals surface area contributed by atoms with Crippen molar-refractivity contribution in [1.29, 1.82) is 0 Å². The molecule has 1 aliphatic rings. The van der Waals surface area contributed by atoms with Gasteiger partial charge in [-0.25, -0.2) is 17.9 Å². The van der Waals surface area contributed by atoms with Crippen LogP contribution in [-0.2, 0) is 36.3 Å². The van der Waals surface area contributed by atoms with Gasteiger partial charge in [0.15, 0.2) is 6.29 Å². The fourth-order valence-electron chi connectivity index (χ4n) is 6.43. The van der Waals surface area contributed by atoms with Crippen molar-refractivity contribution in [3.63, 3.8) is 0 Å². The van der Waals surface area contributed by atoms with Crippen LogP contribution in [0.25, 0.3) is 22.0 Å². The monoisotopic (exact) mass is 737 g/mol. The molecule has 0 aliphatic carbocycles. The zero-order chi connectivity index (χ0) is 37.0. The SMILES string of the molecule is CC(C)n1cc(C(=O)NS(C)(=O)=O)c2ccc(-c3ccc(CCNC(=O)OC[C@](OC4CCCCO4)(c4cccc(Cl)c4)C(C)(C)C)cc3)cc21. The fraction of sp³-hybridized carbons (Fsp3) is 0.436. The van der Waals surface area contributed by atoms with Crippen molar-refractivity contribution in [2.45, 2.75) is 78.2 Å². The number of carbonyl (C=O) groups is 2. The standard InChI is InChI=1S/C39H48ClN3O7S/c1-26(2)43-24-33(36(44)42-51(6,46)47)32-18-17-29(22-34(32)43)28-15-13-27(14-16-28)19-20-41-37(45)49-25-39(38(3,4)5,30-10-9-11-31(40)23-30)50-35-12-7-8-21-48-35/h9-11,13-18,22-24,26,35H,7-8,12,19-21,25H2,1-6H3,(H,41,45)(H,42,44)/t35?,39-/m0/s1. The van der Waals surface area contributed by atoms with Gasteiger partial charge in [-0.15, -0.1) is 0 Å². The number of alkyl carbamates (subject to hydrolysis) is 1. The van der Waals surface area contributed by atoms with Crippen molar-refractivity contribution < 1.29 is 32.2 Å². The second-order valence-corrected chi connectivity index (χ2v) is 16.6. The van der Waals surface area contributed by atoms with Crippen molar-refractivity contribution in [3.05, 3.63) is 94.6 Å². The third-order valence-corrected chi connectivity index (χ3v) is 10.1. The summed E-state index contributed by atoms with van der Waals surface area (Å²) >= 11 is 6.41. The molecule has 3 aromatic carbocycles. The summed E-state index contributed by atoms with van der Waals surface area (Å²) in [6.45, 7) is 11.1. The Balaban J connectivity index is 1.24. The summed E-state index contributed by atoms with van der Waals surface area (Å²) in [5, 5.41) is 4.12. The maximum absolute atomic E-state index is 13.0. The predicted molar refractivity (Wildman–Crippen MR) is 200 cm³/mol. The zero-order valence-electron chi connectivity index (χ0n) is 30.1. The molecule has 4 aromatic rings. The van der Waals surface area contributed by atoms with Crippen LogP contribution in [0.1, 0.15) is 81.4 Å². The summed E-state index contributed by atoms with van der Waals surface area (Å²) in [7, 11) is -3.70. The smallest absolute Gasteiger partial charge is 0.407 e. The van der Waals surface area contributed by atoms with E-state index >= 15 is 0 Å². The van der Waals surface area contributed by atoms with E-state index in [1.807, 2.05) is 85.1 Å². The molecule has 1 unspecified atom stereocenters. The molecule has 1 fully saturated rings. The molecule has 1 saturated heterocycles. The number of ether oxygens (including phenoxy) is 3. The second-order valence-electron chi connectivity index (χ2n) is 14.4. The van der Waals surface area contributed by atoms with E-state index in [4.69, 9.17) is 25.8 Å². The van der Waals surface area contributed by atoms with Gasteiger partial charge in [0.2, 0.25) is 10.0 Å². The minimum Gasteiger partial charge on any atom is -0.446 e. The summed E-state index contributed by atoms with van der Waals surface area (Å²) in [4.78, 5) is 25.8. The third-order valence-electron chi connectivity index (χ3n) is 9.26. The number of rotatable bonds is 12. The minimum atomic E-state index is -3.70. The number of fused-ring (bicyclic) bond motifs is 1. The van der Waals surface area contributed by atoms with Crippen LogP contribution in [0.4, 0.5) is 4.79 Å². The van der Waals surface area contributed by atoms with E-state index in [1.54, 1.807) is 6.20 Å². The number of aromatic nitrogens is 1. The van der Waals surface area contributed by atoms with Gasteiger partial charge in [-0.1, -0.05) is 80.9 Å². The molecule has 274 valence electrons. The summed E-state index contributed by atoms with van der Waals surface area (Å²) in [6.07, 6.45) is 5.04. The highest BCUT2D eigenvalue weighted by Crippen LogP contribution is 2.45. The Bertz CT molecular complexity index is 1960. The molecule has 2 atom stereocenters. The minimum absolute atomic E-state index is 0.0222. The van der Waals surface area contributed by atoms with Crippen molar-refractivity contribution in [2.24, 2.45) is 5.41 Å². The van der Waals surface area contributed by atoms with Gasteiger partial charge in [0.25, 0.3) is 5.91 Å². The first-order valence-corrected chi connectivity index (χ1v) is 19.6. The Labute approximate surface area is 305 Å². The number of hydrogen-bond acceptors (Lipinski definition) is 7. The normalized spacial score (nSPS) is 16.5. The first-order chi connectivity index (χ1) is 24.1. The van der Waals surface area contributed by atoms with Crippen LogP contribution >= 0.6 is 11.6 Å². The molecule has 0 radical (unpaired) electrons. The van der Waals surface area contributed by atoms with Gasteiger partial charge in [-0.3, -0.25) is 4.79 Å². The van der Waals surface area contributed by atoms with E-state index in [-0.39, 0.29) is 12.6 Å². The average Bonchev–Trinajstić information content (AvgIpc) is 3.46. The number of halogens is 1. The number of carbonyl (C=O) groups excluding carboxylic acids is 2. The Morgan fingerprint density at radius 2 is 1.75 bits per heavy atom. The van der Waals surface area contributed by atoms with Crippen LogP contribution in [-0.4, -0.2) is 57.3 Å². The lowest BCUT2D eigenvalue weighted by Gasteiger charge is -2.46. The topological polar surface area (TPSA) is 125 Å². The van der Waals surface area contributed by atoms with Gasteiger partial charge in [-0.2, -0.15) is 0 Å². The molecule has 1 aromatic heterocycles. The molecular formula is C39H48ClN3O7S. The van der Waals surface area contributed by atoms with Gasteiger partial charge in [-0.05, 0) is 85.4 Å². The Hall–Kier alpha value is -3.90. The van der Waals surface area contributed by atoms with Crippen LogP contribution in [0.3, 0.4) is 0 Å². The molecule has 12 heteroatoms. The van der Waals surface area contributed by atoms with Crippen molar-refractivity contribution >= 4 is 44.5 Å². The van der Waals surface area contributed by atoms with Gasteiger partial charge in [0.1, 0.15) is 12.2 Å². The van der Waals surface area contributed by atoms with Crippen LogP contribution in [0, 0.1) is 5.41 Å². The largest absolute Gasteiger partial charge is 0.446 e. The molecule has 1 aliphatic heterocycles. The fourth-order valence-corrected chi connectivity index (χ4v) is 7.07. The molecule has 51 heavy (non-hydrogen) atoms. The van der Waals surface area contributed by atoms with E-state index in [9.17, 15) is 18.0 Å². The zero-order valence-corrected chi connectivity index (χ0v) is 31.7. The molecule has 2 amide bonds. The van der Waals surface area contributed by atoms with Gasteiger partial charge >= 0.3 is 6.09 Å². The summed E-state index contributed by atoms with van der Waals surface area (Å²) in [5.74, 6) is -0.659. The highest BCUT2D eigenvalue weighted by atomic mass is 35.5. The number of sulfonamides is 1. The van der Waals surface area contributed by atoms with Crippen LogP contribution in [0.5, 0.6) is 0 Å². The Kier molecular flexibility index (Phi) is 11.9. The number of nitrogens with one attached hydrogen (secondary N) is 2. The number of hydrogen-bond donors (Lipinski definition) is 2. The maximum Gasteiger partial charge on any atom is 0.407 e. The van der Waals surface area contributed by atoms with Gasteiger partial charge in [0.05, 0.1) is 11.8 Å². The molecular weight excluding hydrogens is 690 g/mol. The molecule has 2 heterocycles. The summed E-state index contributed by atoms with van der Waals surface area (Å²) in [6, 6.07) is 21.4. The lowest BCUT2D eigenvalue weighted by Crippen LogP contribution is -2.50. The second kappa shape index (κ2) is 15.8. The van der Waals surface area contributed by atoms with Gasteiger partial charge in [0, 0.05) is 41.3 Å². The van der Waals surface area contributed by atoms with Crippen molar-refractivity contribution in [2.75, 3.05) is 26.0 Å². The first kappa shape index (κ1) is 38.3. The van der Waals surface area contributed by atoms with E-state index in [0.717, 1.165) is 53.3 Å². The third kappa shape index (κ3) is 9.32. The Morgan fingerprint density at radius 3 is 2.37 bits per heavy atom. The van der Waals surface area contributed by atoms with Crippen molar-refractivity contribution in [1.82, 2.24) is 14.6 Å². The molecule has 10 nitrogen and oxygen atoms in total. The average molecular weight is 738 g/mol. The van der Waals surface area contributed by atoms with Crippen molar-refractivity contribution in [3.8, 4) is 11.1 Å². The summed E-state index contributed by atoms with van der Waals surface area (Å²) < 4.78 is 45.9. The van der Waals surface area contributed by atoms with E-state index < -0.39 is 39.3 Å². The number of amides is 2. The van der Waals surface area contributed by atoms with Gasteiger partial charge < -0.3 is 24.1 Å². The van der Waals surface area contributed by atoms with Crippen LogP contribution < -0.4 is 10.0 Å². The highest BCUT2D eigenvalue weighted by molar-refractivity contribution is 7.89. The lowest BCUT2D eigenvalue weighted by molar-refractivity contribution is -0.268. The number of nitrogens with zero attached hydrogens (tertiary/aromatic N) is 1. The van der Waals surface area contributed by atoms with E-state index in [2.05, 4.69) is 30.8 Å². The quantitative estimate of drug-likeness (QED) is 0.151. The molecule has 2 N–H and O–H groups in total. The first-order valence-electron chi connectivity index (χ1n) is 17.3. The van der Waals surface area contributed by atoms with Crippen LogP contribution in [0.2, 0.25) is 5.02 Å². The lowest BCUT2D eigenvalue weighted by atomic mass is 9.72. The molecule has 0 saturated carbocycles. The van der Waals surface area contributed by atoms with E-state index in [0.29, 0.717) is 35.5 Å². The molecule has 5 rings (SSSR count). The molecule has 0 bridgehead atoms. The number of benzene rings is 3. The summed E-state index contributed by atoms with van der Waals surface area (Å²) in [5.41, 5.74) is 3.44. The van der Waals surface area contributed by atoms with Crippen LogP contribution in [0.15, 0.2) is 72.9 Å². The highest BCUT2D eigenvalue weighted by Gasteiger charge is 2.48.